The number of aromatic nitrogens is 2. The minimum atomic E-state index is -0.191. The van der Waals surface area contributed by atoms with E-state index in [-0.39, 0.29) is 23.7 Å². The fourth-order valence-corrected chi connectivity index (χ4v) is 7.24. The number of hydrogen-bond donors (Lipinski definition) is 2. The van der Waals surface area contributed by atoms with Crippen LogP contribution in [0.15, 0.2) is 67.4 Å². The summed E-state index contributed by atoms with van der Waals surface area (Å²) in [5, 5.41) is 11.8. The van der Waals surface area contributed by atoms with Gasteiger partial charge in [-0.1, -0.05) is 31.2 Å². The van der Waals surface area contributed by atoms with Gasteiger partial charge in [-0.15, -0.1) is 17.9 Å². The van der Waals surface area contributed by atoms with Crippen LogP contribution in [0.25, 0.3) is 16.9 Å². The molecule has 2 aromatic heterocycles. The maximum absolute atomic E-state index is 13.7. The predicted molar refractivity (Wildman–Crippen MR) is 172 cm³/mol. The Hall–Kier alpha value is -4.17. The molecule has 2 N–H and O–H groups in total. The van der Waals surface area contributed by atoms with Crippen LogP contribution >= 0.6 is 11.3 Å². The van der Waals surface area contributed by atoms with Gasteiger partial charge < -0.3 is 15.4 Å². The summed E-state index contributed by atoms with van der Waals surface area (Å²) in [5.41, 5.74) is 6.68. The van der Waals surface area contributed by atoms with Gasteiger partial charge in [0.05, 0.1) is 23.6 Å². The number of thiophene rings is 1. The van der Waals surface area contributed by atoms with Crippen molar-refractivity contribution in [1.29, 1.82) is 0 Å². The van der Waals surface area contributed by atoms with Gasteiger partial charge in [-0.2, -0.15) is 5.10 Å². The lowest BCUT2D eigenvalue weighted by molar-refractivity contribution is -0.117. The summed E-state index contributed by atoms with van der Waals surface area (Å²) in [6.07, 6.45) is 9.41. The molecule has 2 atom stereocenters. The lowest BCUT2D eigenvalue weighted by Crippen LogP contribution is -2.26. The fraction of sp³-hybridized carbons (Fsp3) is 0.343. The second-order valence-electron chi connectivity index (χ2n) is 11.4. The maximum Gasteiger partial charge on any atom is 0.254 e. The lowest BCUT2D eigenvalue weighted by Gasteiger charge is -2.13. The van der Waals surface area contributed by atoms with E-state index in [2.05, 4.69) is 49.4 Å². The molecule has 43 heavy (non-hydrogen) atoms. The number of carbonyl (C=O) groups excluding carboxylic acids is 2. The average molecular weight is 595 g/mol. The molecule has 6 rings (SSSR count). The van der Waals surface area contributed by atoms with Crippen molar-refractivity contribution in [2.45, 2.75) is 58.3 Å². The Bertz CT molecular complexity index is 1650. The van der Waals surface area contributed by atoms with Crippen LogP contribution in [-0.2, 0) is 17.6 Å². The van der Waals surface area contributed by atoms with E-state index in [9.17, 15) is 9.59 Å². The number of nitrogens with zero attached hydrogens (tertiary/aromatic N) is 2. The van der Waals surface area contributed by atoms with E-state index in [0.29, 0.717) is 23.7 Å². The van der Waals surface area contributed by atoms with Gasteiger partial charge in [-0.3, -0.25) is 9.59 Å². The normalized spacial score (nSPS) is 17.2. The predicted octanol–water partition coefficient (Wildman–Crippen LogP) is 7.23. The van der Waals surface area contributed by atoms with E-state index < -0.39 is 0 Å². The average Bonchev–Trinajstić information content (AvgIpc) is 3.56. The Labute approximate surface area is 257 Å². The Kier molecular flexibility index (Phi) is 8.47. The third-order valence-electron chi connectivity index (χ3n) is 8.24. The Morgan fingerprint density at radius 1 is 1.16 bits per heavy atom. The summed E-state index contributed by atoms with van der Waals surface area (Å²) in [5.74, 6) is 0.541. The van der Waals surface area contributed by atoms with E-state index in [1.807, 2.05) is 41.1 Å². The van der Waals surface area contributed by atoms with Gasteiger partial charge >= 0.3 is 0 Å². The molecule has 2 aliphatic carbocycles. The fourth-order valence-electron chi connectivity index (χ4n) is 5.95. The van der Waals surface area contributed by atoms with Gasteiger partial charge in [0.25, 0.3) is 5.91 Å². The minimum Gasteiger partial charge on any atom is -0.493 e. The first-order valence-electron chi connectivity index (χ1n) is 15.2. The summed E-state index contributed by atoms with van der Waals surface area (Å²) in [6, 6.07) is 16.2. The summed E-state index contributed by atoms with van der Waals surface area (Å²) >= 11 is 1.56. The Morgan fingerprint density at radius 2 is 1.98 bits per heavy atom. The van der Waals surface area contributed by atoms with Crippen LogP contribution in [0.1, 0.15) is 70.5 Å². The summed E-state index contributed by atoms with van der Waals surface area (Å²) < 4.78 is 7.82. The number of carbonyl (C=O) groups is 2. The number of hydrogen-bond acceptors (Lipinski definition) is 5. The molecule has 0 spiro atoms. The van der Waals surface area contributed by atoms with Crippen molar-refractivity contribution in [3.05, 3.63) is 94.5 Å². The summed E-state index contributed by atoms with van der Waals surface area (Å²) in [6.45, 7) is 8.94. The quantitative estimate of drug-likeness (QED) is 0.179. The molecule has 1 fully saturated rings. The van der Waals surface area contributed by atoms with Gasteiger partial charge in [0.2, 0.25) is 5.91 Å². The van der Waals surface area contributed by atoms with Crippen LogP contribution in [-0.4, -0.2) is 34.7 Å². The van der Waals surface area contributed by atoms with Crippen molar-refractivity contribution in [3.8, 4) is 22.7 Å². The molecule has 4 aromatic rings. The molecular formula is C35H38N4O3S. The second-order valence-corrected chi connectivity index (χ2v) is 12.5. The molecule has 2 aromatic carbocycles. The molecule has 8 heteroatoms. The first-order valence-corrected chi connectivity index (χ1v) is 16.0. The topological polar surface area (TPSA) is 85.3 Å². The first kappa shape index (κ1) is 28.9. The van der Waals surface area contributed by atoms with Crippen LogP contribution in [0.4, 0.5) is 5.00 Å². The number of aryl methyl sites for hydroxylation is 2. The molecule has 0 bridgehead atoms. The molecule has 222 valence electrons. The molecule has 1 saturated carbocycles. The maximum atomic E-state index is 13.7. The van der Waals surface area contributed by atoms with Gasteiger partial charge in [0.1, 0.15) is 10.8 Å². The number of nitrogens with one attached hydrogen (secondary N) is 2. The number of amides is 2. The lowest BCUT2D eigenvalue weighted by atomic mass is 9.95. The van der Waals surface area contributed by atoms with Gasteiger partial charge in [-0.25, -0.2) is 4.68 Å². The highest BCUT2D eigenvalue weighted by atomic mass is 32.1. The number of rotatable bonds is 11. The van der Waals surface area contributed by atoms with E-state index in [1.54, 1.807) is 17.4 Å². The van der Waals surface area contributed by atoms with Crippen molar-refractivity contribution in [3.63, 3.8) is 0 Å². The molecule has 0 radical (unpaired) electrons. The molecule has 7 nitrogen and oxygen atoms in total. The van der Waals surface area contributed by atoms with E-state index in [4.69, 9.17) is 9.84 Å². The zero-order valence-electron chi connectivity index (χ0n) is 24.8. The zero-order chi connectivity index (χ0) is 29.9. The van der Waals surface area contributed by atoms with Crippen LogP contribution in [0.5, 0.6) is 5.75 Å². The number of para-hydroxylation sites is 1. The number of fused-ring (bicyclic) bond motifs is 1. The van der Waals surface area contributed by atoms with Crippen molar-refractivity contribution in [1.82, 2.24) is 15.1 Å². The van der Waals surface area contributed by atoms with E-state index >= 15 is 0 Å². The molecule has 0 aliphatic heterocycles. The molecule has 2 heterocycles. The first-order chi connectivity index (χ1) is 21.0. The zero-order valence-corrected chi connectivity index (χ0v) is 25.6. The van der Waals surface area contributed by atoms with Crippen LogP contribution in [0.3, 0.4) is 0 Å². The van der Waals surface area contributed by atoms with E-state index in [1.165, 1.54) is 4.88 Å². The molecule has 2 aliphatic rings. The van der Waals surface area contributed by atoms with Crippen molar-refractivity contribution >= 4 is 28.2 Å². The number of ether oxygens (including phenoxy) is 1. The largest absolute Gasteiger partial charge is 0.493 e. The highest BCUT2D eigenvalue weighted by Crippen LogP contribution is 2.51. The van der Waals surface area contributed by atoms with Crippen LogP contribution < -0.4 is 15.4 Å². The van der Waals surface area contributed by atoms with Gasteiger partial charge in [-0.05, 0) is 86.9 Å². The highest BCUT2D eigenvalue weighted by molar-refractivity contribution is 7.17. The van der Waals surface area contributed by atoms with Crippen molar-refractivity contribution in [2.24, 2.45) is 5.92 Å². The number of anilines is 1. The number of benzene rings is 2. The van der Waals surface area contributed by atoms with E-state index in [0.717, 1.165) is 77.9 Å². The molecule has 2 amide bonds. The third-order valence-corrected chi connectivity index (χ3v) is 9.45. The smallest absolute Gasteiger partial charge is 0.254 e. The minimum absolute atomic E-state index is 0.0383. The van der Waals surface area contributed by atoms with Crippen molar-refractivity contribution < 1.29 is 14.3 Å². The molecule has 2 unspecified atom stereocenters. The second kappa shape index (κ2) is 12.6. The van der Waals surface area contributed by atoms with Gasteiger partial charge in [0.15, 0.2) is 0 Å². The SMILES string of the molecule is C=CCNC(=O)c1c(NC(=O)C2CC2c2cn(-c3ccccc3)nc2-c2ccc(OCCC)c(C)c2)sc2c1CCCC2. The van der Waals surface area contributed by atoms with Crippen LogP contribution in [0, 0.1) is 12.8 Å². The van der Waals surface area contributed by atoms with Gasteiger partial charge in [0, 0.05) is 40.6 Å². The third kappa shape index (κ3) is 6.02. The monoisotopic (exact) mass is 594 g/mol. The molecular weight excluding hydrogens is 556 g/mol. The summed E-state index contributed by atoms with van der Waals surface area (Å²) in [7, 11) is 0. The molecule has 0 saturated heterocycles. The van der Waals surface area contributed by atoms with Crippen LogP contribution in [0.2, 0.25) is 0 Å². The highest BCUT2D eigenvalue weighted by Gasteiger charge is 2.46. The Morgan fingerprint density at radius 3 is 2.74 bits per heavy atom. The standard InChI is InChI=1S/C35H38N4O3S/c1-4-17-36-34(41)31-25-13-9-10-14-30(25)43-35(31)37-33(40)27-20-26(27)28-21-39(24-11-7-6-8-12-24)38-32(28)23-15-16-29(22(3)19-23)42-18-5-2/h4,6-8,11-12,15-16,19,21,26-27H,1,5,9-10,13-14,17-18,20H2,2-3H3,(H,36,41)(H,37,40). The Balaban J connectivity index is 1.28. The summed E-state index contributed by atoms with van der Waals surface area (Å²) in [4.78, 5) is 28.0. The van der Waals surface area contributed by atoms with Crippen molar-refractivity contribution in [2.75, 3.05) is 18.5 Å².